The topological polar surface area (TPSA) is 183 Å². The molecule has 0 radical (unpaired) electrons. The van der Waals surface area contributed by atoms with Gasteiger partial charge in [-0.3, -0.25) is 19.2 Å². The van der Waals surface area contributed by atoms with Crippen molar-refractivity contribution in [2.24, 2.45) is 0 Å². The van der Waals surface area contributed by atoms with Crippen molar-refractivity contribution in [2.75, 3.05) is 13.2 Å². The van der Waals surface area contributed by atoms with Gasteiger partial charge in [0.15, 0.2) is 24.6 Å². The smallest absolute Gasteiger partial charge is 0.303 e. The predicted octanol–water partition coefficient (Wildman–Crippen LogP) is 1.91. The van der Waals surface area contributed by atoms with Crippen molar-refractivity contribution in [3.8, 4) is 0 Å². The average molecular weight is 693 g/mol. The van der Waals surface area contributed by atoms with E-state index in [1.807, 2.05) is 60.7 Å². The summed E-state index contributed by atoms with van der Waals surface area (Å²) in [4.78, 5) is 49.4. The van der Waals surface area contributed by atoms with Crippen LogP contribution in [0.2, 0.25) is 0 Å². The van der Waals surface area contributed by atoms with E-state index in [2.05, 4.69) is 0 Å². The van der Waals surface area contributed by atoms with Crippen LogP contribution in [-0.4, -0.2) is 108 Å². The molecule has 4 rings (SSSR count). The van der Waals surface area contributed by atoms with Gasteiger partial charge in [0, 0.05) is 32.6 Å². The molecule has 2 aromatic rings. The fourth-order valence-electron chi connectivity index (χ4n) is 5.32. The minimum Gasteiger partial charge on any atom is -0.463 e. The van der Waals surface area contributed by atoms with E-state index in [9.17, 15) is 29.4 Å². The molecule has 2 saturated heterocycles. The maximum Gasteiger partial charge on any atom is 0.303 e. The van der Waals surface area contributed by atoms with Gasteiger partial charge in [-0.05, 0) is 17.7 Å². The number of ether oxygens (including phenoxy) is 8. The van der Waals surface area contributed by atoms with E-state index in [-0.39, 0.29) is 6.61 Å². The number of rotatable bonds is 13. The van der Waals surface area contributed by atoms with Crippen molar-refractivity contribution in [1.82, 2.24) is 0 Å². The molecule has 2 N–H and O–H groups in total. The molecule has 15 heteroatoms. The molecule has 2 aliphatic rings. The second-order valence-electron chi connectivity index (χ2n) is 11.1. The lowest BCUT2D eigenvalue weighted by Gasteiger charge is -2.48. The molecule has 14 nitrogen and oxygen atoms in total. The van der Waals surface area contributed by atoms with Crippen molar-refractivity contribution in [3.63, 3.8) is 0 Å². The van der Waals surface area contributed by atoms with E-state index in [0.717, 1.165) is 31.2 Å². The Morgan fingerprint density at radius 2 is 1.29 bits per heavy atom. The van der Waals surface area contributed by atoms with Crippen LogP contribution in [0.15, 0.2) is 65.6 Å². The van der Waals surface area contributed by atoms with Crippen LogP contribution in [0, 0.1) is 0 Å². The zero-order chi connectivity index (χ0) is 34.8. The lowest BCUT2D eigenvalue weighted by Crippen LogP contribution is -2.66. The summed E-state index contributed by atoms with van der Waals surface area (Å²) < 4.78 is 46.8. The number of aliphatic hydroxyl groups is 2. The first-order valence-electron chi connectivity index (χ1n) is 15.2. The number of carbonyl (C=O) groups is 4. The molecule has 0 aromatic heterocycles. The van der Waals surface area contributed by atoms with Crippen LogP contribution in [0.5, 0.6) is 0 Å². The summed E-state index contributed by atoms with van der Waals surface area (Å²) in [6, 6.07) is 18.3. The first-order valence-corrected chi connectivity index (χ1v) is 16.1. The average Bonchev–Trinajstić information content (AvgIpc) is 3.04. The van der Waals surface area contributed by atoms with Crippen LogP contribution < -0.4 is 0 Å². The number of esters is 4. The molecule has 0 unspecified atom stereocenters. The number of carbonyl (C=O) groups excluding carboxylic acids is 4. The van der Waals surface area contributed by atoms with Crippen molar-refractivity contribution < 1.29 is 67.3 Å². The molecule has 0 spiro atoms. The largest absolute Gasteiger partial charge is 0.463 e. The lowest BCUT2D eigenvalue weighted by molar-refractivity contribution is -0.340. The highest BCUT2D eigenvalue weighted by atomic mass is 32.2. The Balaban J connectivity index is 1.76. The minimum absolute atomic E-state index is 0.0435. The first-order chi connectivity index (χ1) is 23.0. The number of hydrogen-bond acceptors (Lipinski definition) is 15. The quantitative estimate of drug-likeness (QED) is 0.229. The summed E-state index contributed by atoms with van der Waals surface area (Å²) in [5, 5.41) is 21.6. The fourth-order valence-corrected chi connectivity index (χ4v) is 6.46. The third kappa shape index (κ3) is 10.2. The molecule has 0 saturated carbocycles. The first kappa shape index (κ1) is 37.3. The molecule has 0 aliphatic carbocycles. The SMILES string of the molecule is CC(=O)OC[C@H]1O[C@@H](O[C@@H]2[C@@H](OCc3ccccc3)[C@H](O)[C@@H](CO)O[C@H]2Sc2ccccc2)[C@H](OC(C)=O)[C@@H](OC(C)=O)[C@@H]1OC(C)=O. The van der Waals surface area contributed by atoms with Gasteiger partial charge in [-0.2, -0.15) is 0 Å². The van der Waals surface area contributed by atoms with Gasteiger partial charge in [-0.15, -0.1) is 0 Å². The van der Waals surface area contributed by atoms with Crippen LogP contribution >= 0.6 is 11.8 Å². The van der Waals surface area contributed by atoms with Gasteiger partial charge < -0.3 is 48.1 Å². The van der Waals surface area contributed by atoms with Crippen molar-refractivity contribution in [1.29, 1.82) is 0 Å². The summed E-state index contributed by atoms with van der Waals surface area (Å²) in [6.07, 6.45) is -12.0. The zero-order valence-corrected chi connectivity index (χ0v) is 27.7. The Hall–Kier alpha value is -3.57. The molecular weight excluding hydrogens is 652 g/mol. The third-order valence-electron chi connectivity index (χ3n) is 7.32. The summed E-state index contributed by atoms with van der Waals surface area (Å²) in [6.45, 7) is 3.57. The Labute approximate surface area is 281 Å². The zero-order valence-electron chi connectivity index (χ0n) is 26.9. The van der Waals surface area contributed by atoms with E-state index < -0.39 is 97.6 Å². The van der Waals surface area contributed by atoms with Crippen LogP contribution in [0.4, 0.5) is 0 Å². The van der Waals surface area contributed by atoms with Gasteiger partial charge in [0.25, 0.3) is 0 Å². The fraction of sp³-hybridized carbons (Fsp3) is 0.515. The standard InChI is InChI=1S/C33H40O14S/c1-18(35)40-17-25-27(42-19(2)36)29(43-20(3)37)30(44-21(4)38)32(45-25)47-31-28(41-16-22-11-7-5-8-12-22)26(39)24(15-34)46-33(31)48-23-13-9-6-10-14-23/h5-14,24-34,39H,15-17H2,1-4H3/t24-,25-,26-,27-,28+,29+,30-,31-,32+,33+/m1/s1. The molecule has 2 fully saturated rings. The van der Waals surface area contributed by atoms with Crippen molar-refractivity contribution in [3.05, 3.63) is 66.2 Å². The van der Waals surface area contributed by atoms with Crippen LogP contribution in [-0.2, 0) is 63.7 Å². The van der Waals surface area contributed by atoms with Gasteiger partial charge >= 0.3 is 23.9 Å². The van der Waals surface area contributed by atoms with Gasteiger partial charge in [0.1, 0.15) is 42.6 Å². The second kappa shape index (κ2) is 17.7. The predicted molar refractivity (Wildman–Crippen MR) is 166 cm³/mol. The Kier molecular flexibility index (Phi) is 13.8. The highest BCUT2D eigenvalue weighted by molar-refractivity contribution is 7.99. The van der Waals surface area contributed by atoms with Crippen LogP contribution in [0.1, 0.15) is 33.3 Å². The summed E-state index contributed by atoms with van der Waals surface area (Å²) in [5.74, 6) is -3.05. The van der Waals surface area contributed by atoms with Gasteiger partial charge in [-0.1, -0.05) is 60.3 Å². The minimum atomic E-state index is -1.57. The number of aliphatic hydroxyl groups excluding tert-OH is 2. The van der Waals surface area contributed by atoms with Crippen molar-refractivity contribution in [2.45, 2.75) is 99.8 Å². The van der Waals surface area contributed by atoms with Crippen molar-refractivity contribution >= 4 is 35.6 Å². The molecular formula is C33H40O14S. The summed E-state index contributed by atoms with van der Waals surface area (Å²) in [5.41, 5.74) is -0.157. The maximum atomic E-state index is 12.4. The normalized spacial score (nSPS) is 30.1. The second-order valence-corrected chi connectivity index (χ2v) is 12.2. The molecule has 262 valence electrons. The molecule has 10 atom stereocenters. The van der Waals surface area contributed by atoms with Gasteiger partial charge in [-0.25, -0.2) is 0 Å². The summed E-state index contributed by atoms with van der Waals surface area (Å²) >= 11 is 1.22. The third-order valence-corrected chi connectivity index (χ3v) is 8.47. The number of hydrogen-bond donors (Lipinski definition) is 2. The number of benzene rings is 2. The van der Waals surface area contributed by atoms with E-state index in [4.69, 9.17) is 37.9 Å². The Bertz CT molecular complexity index is 1360. The summed E-state index contributed by atoms with van der Waals surface area (Å²) in [7, 11) is 0. The molecule has 0 bridgehead atoms. The highest BCUT2D eigenvalue weighted by Gasteiger charge is 2.56. The lowest BCUT2D eigenvalue weighted by atomic mass is 9.97. The monoisotopic (exact) mass is 692 g/mol. The van der Waals surface area contributed by atoms with E-state index in [1.54, 1.807) is 0 Å². The van der Waals surface area contributed by atoms with Gasteiger partial charge in [0.2, 0.25) is 0 Å². The van der Waals surface area contributed by atoms with Gasteiger partial charge in [0.05, 0.1) is 13.2 Å². The van der Waals surface area contributed by atoms with Crippen LogP contribution in [0.3, 0.4) is 0 Å². The van der Waals surface area contributed by atoms with Crippen LogP contribution in [0.25, 0.3) is 0 Å². The van der Waals surface area contributed by atoms with E-state index >= 15 is 0 Å². The molecule has 2 heterocycles. The van der Waals surface area contributed by atoms with E-state index in [1.165, 1.54) is 18.7 Å². The highest BCUT2D eigenvalue weighted by Crippen LogP contribution is 2.39. The maximum absolute atomic E-state index is 12.4. The Morgan fingerprint density at radius 1 is 0.708 bits per heavy atom. The molecule has 48 heavy (non-hydrogen) atoms. The molecule has 2 aromatic carbocycles. The van der Waals surface area contributed by atoms with E-state index in [0.29, 0.717) is 0 Å². The number of thioether (sulfide) groups is 1. The Morgan fingerprint density at radius 3 is 1.88 bits per heavy atom. The molecule has 0 amide bonds. The molecule has 2 aliphatic heterocycles.